The quantitative estimate of drug-likeness (QED) is 0.171. The molecule has 0 atom stereocenters. The number of fused-ring (bicyclic) bond motifs is 48. The molecule has 0 saturated carbocycles. The molecule has 0 fully saturated rings. The van der Waals surface area contributed by atoms with Gasteiger partial charge in [0.25, 0.3) is 0 Å². The Bertz CT molecular complexity index is 11000. The summed E-state index contributed by atoms with van der Waals surface area (Å²) >= 11 is 0. The summed E-state index contributed by atoms with van der Waals surface area (Å²) < 4.78 is 27.1. The number of hydrogen-bond donors (Lipinski definition) is 0. The fraction of sp³-hybridized carbons (Fsp3) is 0. The molecule has 33 rings (SSSR count). The van der Waals surface area contributed by atoms with E-state index in [-0.39, 0.29) is 0 Å². The van der Waals surface area contributed by atoms with Crippen LogP contribution >= 0.6 is 0 Å². The predicted octanol–water partition coefficient (Wildman–Crippen LogP) is 31.3. The van der Waals surface area contributed by atoms with Crippen LogP contribution in [-0.2, 0) is 0 Å². The second-order valence-corrected chi connectivity index (χ2v) is 36.8. The zero-order chi connectivity index (χ0) is 92.6. The van der Waals surface area contributed by atoms with Gasteiger partial charge in [0.1, 0.15) is 11.2 Å². The van der Waals surface area contributed by atoms with Gasteiger partial charge in [-0.25, -0.2) is 29.9 Å². The molecule has 142 heavy (non-hydrogen) atoms. The maximum atomic E-state index is 6.12. The van der Waals surface area contributed by atoms with Crippen molar-refractivity contribution >= 4 is 253 Å². The highest BCUT2D eigenvalue weighted by Crippen LogP contribution is 2.44. The lowest BCUT2D eigenvalue weighted by Gasteiger charge is -2.14. The van der Waals surface area contributed by atoms with Gasteiger partial charge in [-0.15, -0.1) is 0 Å². The standard InChI is InChI=1S/C50H30N6.C38H23N5.C38H22N4O/c1-7-19-41-33(13-1)34-14-2-8-20-42(34)53(41)31-25-27-37-38-28-26-32(54-43-21-9-3-15-35(43)36-16-4-10-22-44(36)54)30-48(38)56-46-24-12-6-18-40(46)52-50(56)49-51-39-17-5-11-23-45(39)55(49)47(37)29-31;1-6-16-31-25(11-1)26-12-2-7-17-32(26)41(31)24-21-22-28-27-13-3-8-18-33(27)42-34-19-9-4-14-29(34)39-37(42)38-40-30-15-5-10-20-35(30)43(38)36(28)23-24;1-5-13-31-25(9-1)26-19-17-24(23-18-20-36-28(21-23)27-10-2-8-16-35(27)43-36)22-34(26)42-33-15-7-4-12-30(33)40-38(42)37-39-29-11-3-6-14-32(29)41(31)37/h1-30H;1-23H;1-22H. The molecule has 13 aromatic heterocycles. The van der Waals surface area contributed by atoms with Gasteiger partial charge < -0.3 is 18.1 Å². The van der Waals surface area contributed by atoms with Crippen molar-refractivity contribution in [1.82, 2.24) is 70.0 Å². The average Bonchev–Trinajstić information content (AvgIpc) is 1.55. The first-order chi connectivity index (χ1) is 70.5. The summed E-state index contributed by atoms with van der Waals surface area (Å²) in [6, 6.07) is 162. The Morgan fingerprint density at radius 1 is 0.134 bits per heavy atom. The third-order valence-electron chi connectivity index (χ3n) is 29.3. The largest absolute Gasteiger partial charge is 0.456 e. The molecule has 660 valence electrons. The van der Waals surface area contributed by atoms with Crippen LogP contribution in [0.25, 0.3) is 281 Å². The zero-order valence-electron chi connectivity index (χ0n) is 75.9. The summed E-state index contributed by atoms with van der Waals surface area (Å²) in [6.07, 6.45) is 0. The molecule has 0 unspecified atom stereocenters. The van der Waals surface area contributed by atoms with Crippen LogP contribution in [0.4, 0.5) is 0 Å². The highest BCUT2D eigenvalue weighted by atomic mass is 16.3. The van der Waals surface area contributed by atoms with Gasteiger partial charge in [0.2, 0.25) is 0 Å². The Balaban J connectivity index is 0.0000000990. The van der Waals surface area contributed by atoms with Crippen LogP contribution in [0.2, 0.25) is 0 Å². The van der Waals surface area contributed by atoms with Crippen LogP contribution in [0.3, 0.4) is 0 Å². The predicted molar refractivity (Wildman–Crippen MR) is 584 cm³/mol. The van der Waals surface area contributed by atoms with E-state index in [1.807, 2.05) is 30.3 Å². The Labute approximate surface area is 805 Å². The van der Waals surface area contributed by atoms with Crippen molar-refractivity contribution in [3.05, 3.63) is 455 Å². The molecule has 20 aromatic carbocycles. The number of hydrogen-bond acceptors (Lipinski definition) is 7. The lowest BCUT2D eigenvalue weighted by molar-refractivity contribution is 0.669. The van der Waals surface area contributed by atoms with Crippen molar-refractivity contribution < 1.29 is 4.42 Å². The van der Waals surface area contributed by atoms with E-state index in [2.05, 4.69) is 465 Å². The molecule has 0 radical (unpaired) electrons. The zero-order valence-corrected chi connectivity index (χ0v) is 75.9. The maximum absolute atomic E-state index is 6.12. The molecule has 0 aliphatic rings. The molecule has 16 nitrogen and oxygen atoms in total. The molecule has 0 spiro atoms. The highest BCUT2D eigenvalue weighted by Gasteiger charge is 2.26. The van der Waals surface area contributed by atoms with E-state index in [1.54, 1.807) is 0 Å². The fourth-order valence-electron chi connectivity index (χ4n) is 23.2. The van der Waals surface area contributed by atoms with Crippen molar-refractivity contribution in [3.8, 4) is 28.2 Å². The molecule has 0 aliphatic carbocycles. The van der Waals surface area contributed by atoms with E-state index < -0.39 is 0 Å². The van der Waals surface area contributed by atoms with Crippen LogP contribution in [0.15, 0.2) is 459 Å². The summed E-state index contributed by atoms with van der Waals surface area (Å²) in [5.74, 6) is 0. The van der Waals surface area contributed by atoms with E-state index in [0.717, 1.165) is 216 Å². The van der Waals surface area contributed by atoms with E-state index in [9.17, 15) is 0 Å². The first-order valence-corrected chi connectivity index (χ1v) is 48.0. The lowest BCUT2D eigenvalue weighted by Crippen LogP contribution is -1.99. The van der Waals surface area contributed by atoms with Crippen molar-refractivity contribution in [2.45, 2.75) is 0 Å². The monoisotopic (exact) mass is 1810 g/mol. The first-order valence-electron chi connectivity index (χ1n) is 48.0. The third-order valence-corrected chi connectivity index (χ3v) is 29.3. The molecule has 0 amide bonds. The fourth-order valence-corrected chi connectivity index (χ4v) is 23.2. The van der Waals surface area contributed by atoms with Gasteiger partial charge in [0.15, 0.2) is 33.9 Å². The second kappa shape index (κ2) is 30.0. The van der Waals surface area contributed by atoms with Gasteiger partial charge in [-0.1, -0.05) is 273 Å². The van der Waals surface area contributed by atoms with Gasteiger partial charge in [-0.3, -0.25) is 26.4 Å². The third kappa shape index (κ3) is 11.3. The van der Waals surface area contributed by atoms with Crippen LogP contribution in [0, 0.1) is 0 Å². The van der Waals surface area contributed by atoms with Gasteiger partial charge in [-0.05, 0) is 193 Å². The Kier molecular flexibility index (Phi) is 16.4. The minimum Gasteiger partial charge on any atom is -0.456 e. The Hall–Kier alpha value is -19.6. The molecule has 13 heterocycles. The van der Waals surface area contributed by atoms with Gasteiger partial charge in [0, 0.05) is 92.5 Å². The molecule has 0 N–H and O–H groups in total. The normalized spacial score (nSPS) is 12.2. The van der Waals surface area contributed by atoms with Gasteiger partial charge in [-0.2, -0.15) is 0 Å². The topological polar surface area (TPSA) is 132 Å². The Morgan fingerprint density at radius 2 is 0.331 bits per heavy atom. The smallest absolute Gasteiger partial charge is 0.182 e. The molecule has 0 aliphatic heterocycles. The summed E-state index contributed by atoms with van der Waals surface area (Å²) in [4.78, 5) is 31.5. The molecule has 16 heteroatoms. The molecule has 0 saturated heterocycles. The van der Waals surface area contributed by atoms with Crippen molar-refractivity contribution in [2.75, 3.05) is 0 Å². The number of imidazole rings is 6. The van der Waals surface area contributed by atoms with Crippen molar-refractivity contribution in [1.29, 1.82) is 0 Å². The number of benzene rings is 20. The van der Waals surface area contributed by atoms with E-state index in [1.165, 1.54) is 65.4 Å². The summed E-state index contributed by atoms with van der Waals surface area (Å²) in [5, 5.41) is 16.5. The van der Waals surface area contributed by atoms with Crippen molar-refractivity contribution in [2.24, 2.45) is 0 Å². The molecule has 33 aromatic rings. The Morgan fingerprint density at radius 3 is 0.627 bits per heavy atom. The first kappa shape index (κ1) is 77.7. The van der Waals surface area contributed by atoms with Crippen molar-refractivity contribution in [3.63, 3.8) is 0 Å². The van der Waals surface area contributed by atoms with E-state index >= 15 is 0 Å². The number of furan rings is 1. The minimum absolute atomic E-state index is 0.802. The van der Waals surface area contributed by atoms with Crippen LogP contribution in [0.1, 0.15) is 0 Å². The number of para-hydroxylation sites is 21. The summed E-state index contributed by atoms with van der Waals surface area (Å²) in [6.45, 7) is 0. The lowest BCUT2D eigenvalue weighted by atomic mass is 10.00. The van der Waals surface area contributed by atoms with Gasteiger partial charge in [0.05, 0.1) is 132 Å². The van der Waals surface area contributed by atoms with E-state index in [0.29, 0.717) is 0 Å². The SMILES string of the molecule is c1ccc2c(c1)nc1c3nc4ccccc4n3c3cc(-c4ccc5oc6ccccc6c5c4)ccc3c3ccccc3n21.c1ccc2c(c1)nc1c3nc4ccccc4n3c3cc(-n4c5ccccc5c5ccccc54)ccc3c3ccc(-n4c5ccccc5c5ccccc54)cc3n21.c1ccc2c(c1)nc1c3nc4ccccc4n3c3cc(-n4c5ccccc5c5ccccc54)ccc3c3ccccc3n21. The van der Waals surface area contributed by atoms with Gasteiger partial charge >= 0.3 is 0 Å². The highest BCUT2D eigenvalue weighted by molar-refractivity contribution is 6.18. The average molecular weight is 1820 g/mol. The summed E-state index contributed by atoms with van der Waals surface area (Å²) in [7, 11) is 0. The second-order valence-electron chi connectivity index (χ2n) is 36.8. The number of aromatic nitrogens is 15. The minimum atomic E-state index is 0.802. The summed E-state index contributed by atoms with van der Waals surface area (Å²) in [5.41, 5.74) is 37.7. The number of rotatable bonds is 4. The maximum Gasteiger partial charge on any atom is 0.182 e. The molecular formula is C126H75N15O. The van der Waals surface area contributed by atoms with Crippen LogP contribution in [0.5, 0.6) is 0 Å². The van der Waals surface area contributed by atoms with Crippen LogP contribution < -0.4 is 0 Å². The molecule has 0 bridgehead atoms. The molecular weight excluding hydrogens is 1740 g/mol. The van der Waals surface area contributed by atoms with E-state index in [4.69, 9.17) is 34.3 Å². The van der Waals surface area contributed by atoms with Crippen LogP contribution in [-0.4, -0.2) is 70.0 Å². The number of nitrogens with zero attached hydrogens (tertiary/aromatic N) is 15.